The molecule has 0 aromatic heterocycles. The third-order valence-corrected chi connectivity index (χ3v) is 5.67. The molecule has 0 unspecified atom stereocenters. The van der Waals surface area contributed by atoms with Gasteiger partial charge in [-0.05, 0) is 36.4 Å². The zero-order valence-corrected chi connectivity index (χ0v) is 13.9. The van der Waals surface area contributed by atoms with E-state index in [1.807, 2.05) is 0 Å². The summed E-state index contributed by atoms with van der Waals surface area (Å²) in [6.07, 6.45) is 1.17. The zero-order valence-electron chi connectivity index (χ0n) is 13.9. The largest absolute Gasteiger partial charge is 0.302 e. The highest BCUT2D eigenvalue weighted by Crippen LogP contribution is 2.43. The molecule has 0 amide bonds. The number of hydrogen-bond acceptors (Lipinski definition) is 2. The summed E-state index contributed by atoms with van der Waals surface area (Å²) in [5.41, 5.74) is 2.95. The first kappa shape index (κ1) is 14.9. The summed E-state index contributed by atoms with van der Waals surface area (Å²) in [5, 5.41) is 0. The lowest BCUT2D eigenvalue weighted by molar-refractivity contribution is 0.229. The minimum atomic E-state index is 0.600. The Morgan fingerprint density at radius 3 is 2.30 bits per heavy atom. The zero-order chi connectivity index (χ0) is 15.6. The van der Waals surface area contributed by atoms with Crippen LogP contribution in [0.15, 0.2) is 60.7 Å². The van der Waals surface area contributed by atoms with Crippen molar-refractivity contribution in [3.8, 4) is 0 Å². The first-order chi connectivity index (χ1) is 11.3. The molecule has 2 saturated heterocycles. The Kier molecular flexibility index (Phi) is 4.19. The van der Waals surface area contributed by atoms with Crippen LogP contribution in [0.25, 0.3) is 0 Å². The van der Waals surface area contributed by atoms with Crippen LogP contribution < -0.4 is 0 Å². The van der Waals surface area contributed by atoms with Crippen LogP contribution in [0.1, 0.15) is 17.2 Å². The first-order valence-electron chi connectivity index (χ1n) is 8.83. The molecule has 2 heterocycles. The lowest BCUT2D eigenvalue weighted by atomic mass is 9.90. The van der Waals surface area contributed by atoms with Gasteiger partial charge in [-0.1, -0.05) is 60.7 Å². The molecule has 4 rings (SSSR count). The van der Waals surface area contributed by atoms with E-state index >= 15 is 0 Å². The molecule has 0 N–H and O–H groups in total. The number of fused-ring (bicyclic) bond motifs is 1. The van der Waals surface area contributed by atoms with Gasteiger partial charge in [-0.15, -0.1) is 0 Å². The third-order valence-electron chi connectivity index (χ3n) is 5.67. The average Bonchev–Trinajstić information content (AvgIpc) is 3.10. The highest BCUT2D eigenvalue weighted by Gasteiger charge is 2.45. The molecule has 2 aliphatic rings. The molecule has 2 aromatic carbocycles. The maximum atomic E-state index is 2.69. The van der Waals surface area contributed by atoms with Crippen molar-refractivity contribution in [3.63, 3.8) is 0 Å². The van der Waals surface area contributed by atoms with Gasteiger partial charge in [0, 0.05) is 32.2 Å². The number of benzene rings is 2. The van der Waals surface area contributed by atoms with Crippen LogP contribution in [0.2, 0.25) is 0 Å². The number of nitrogens with zero attached hydrogens (tertiary/aromatic N) is 2. The number of hydrogen-bond donors (Lipinski definition) is 0. The van der Waals surface area contributed by atoms with E-state index in [1.165, 1.54) is 43.7 Å². The van der Waals surface area contributed by atoms with Gasteiger partial charge in [0.1, 0.15) is 0 Å². The predicted molar refractivity (Wildman–Crippen MR) is 95.4 cm³/mol. The van der Waals surface area contributed by atoms with Gasteiger partial charge >= 0.3 is 0 Å². The van der Waals surface area contributed by atoms with Crippen LogP contribution in [0, 0.1) is 11.8 Å². The minimum Gasteiger partial charge on any atom is -0.302 e. The van der Waals surface area contributed by atoms with Crippen LogP contribution in [-0.2, 0) is 6.42 Å². The quantitative estimate of drug-likeness (QED) is 0.853. The van der Waals surface area contributed by atoms with Gasteiger partial charge in [-0.3, -0.25) is 4.90 Å². The fraction of sp³-hybridized carbons (Fsp3) is 0.429. The van der Waals surface area contributed by atoms with Gasteiger partial charge in [-0.25, -0.2) is 0 Å². The van der Waals surface area contributed by atoms with Crippen molar-refractivity contribution in [2.75, 3.05) is 33.2 Å². The van der Waals surface area contributed by atoms with Crippen molar-refractivity contribution in [1.82, 2.24) is 9.80 Å². The maximum Gasteiger partial charge on any atom is 0.0389 e. The number of rotatable bonds is 4. The number of likely N-dealkylation sites (tertiary alicyclic amines) is 2. The standard InChI is InChI=1S/C21H26N2/c1-22-14-19-15-23(13-12-17-8-4-2-5-9-17)16-20(19)21(22)18-10-6-3-7-11-18/h2-11,19-21H,12-16H2,1H3/t19-,20+,21-/m0/s1. The van der Waals surface area contributed by atoms with Crippen molar-refractivity contribution in [3.05, 3.63) is 71.8 Å². The van der Waals surface area contributed by atoms with Crippen molar-refractivity contribution in [1.29, 1.82) is 0 Å². The van der Waals surface area contributed by atoms with Crippen molar-refractivity contribution in [2.24, 2.45) is 11.8 Å². The molecule has 2 nitrogen and oxygen atoms in total. The van der Waals surface area contributed by atoms with E-state index in [-0.39, 0.29) is 0 Å². The minimum absolute atomic E-state index is 0.600. The molecular weight excluding hydrogens is 280 g/mol. The van der Waals surface area contributed by atoms with Crippen molar-refractivity contribution >= 4 is 0 Å². The van der Waals surface area contributed by atoms with Crippen LogP contribution in [-0.4, -0.2) is 43.0 Å². The Balaban J connectivity index is 1.41. The molecule has 2 aliphatic heterocycles. The normalized spacial score (nSPS) is 28.1. The predicted octanol–water partition coefficient (Wildman–Crippen LogP) is 3.46. The van der Waals surface area contributed by atoms with Crippen LogP contribution >= 0.6 is 0 Å². The summed E-state index contributed by atoms with van der Waals surface area (Å²) in [6.45, 7) is 4.96. The second-order valence-electron chi connectivity index (χ2n) is 7.21. The lowest BCUT2D eigenvalue weighted by Gasteiger charge is -2.26. The molecule has 23 heavy (non-hydrogen) atoms. The van der Waals surface area contributed by atoms with E-state index in [0.29, 0.717) is 6.04 Å². The van der Waals surface area contributed by atoms with Gasteiger partial charge < -0.3 is 4.90 Å². The summed E-state index contributed by atoms with van der Waals surface area (Å²) < 4.78 is 0. The lowest BCUT2D eigenvalue weighted by Crippen LogP contribution is -2.30. The molecule has 0 aliphatic carbocycles. The van der Waals surface area contributed by atoms with Crippen molar-refractivity contribution < 1.29 is 0 Å². The van der Waals surface area contributed by atoms with Crippen LogP contribution in [0.5, 0.6) is 0 Å². The molecule has 3 atom stereocenters. The summed E-state index contributed by atoms with van der Waals surface area (Å²) >= 11 is 0. The molecule has 0 spiro atoms. The molecule has 2 aromatic rings. The smallest absolute Gasteiger partial charge is 0.0389 e. The van der Waals surface area contributed by atoms with Gasteiger partial charge in [0.2, 0.25) is 0 Å². The average molecular weight is 306 g/mol. The molecule has 120 valence electrons. The Hall–Kier alpha value is -1.64. The Bertz CT molecular complexity index is 625. The molecule has 0 saturated carbocycles. The van der Waals surface area contributed by atoms with Gasteiger partial charge in [0.15, 0.2) is 0 Å². The monoisotopic (exact) mass is 306 g/mol. The van der Waals surface area contributed by atoms with Crippen molar-refractivity contribution in [2.45, 2.75) is 12.5 Å². The molecule has 2 fully saturated rings. The topological polar surface area (TPSA) is 6.48 Å². The van der Waals surface area contributed by atoms with Crippen LogP contribution in [0.4, 0.5) is 0 Å². The summed E-state index contributed by atoms with van der Waals surface area (Å²) in [6, 6.07) is 22.6. The van der Waals surface area contributed by atoms with E-state index in [0.717, 1.165) is 11.8 Å². The van der Waals surface area contributed by atoms with E-state index in [1.54, 1.807) is 0 Å². The van der Waals surface area contributed by atoms with Gasteiger partial charge in [-0.2, -0.15) is 0 Å². The fourth-order valence-corrected chi connectivity index (χ4v) is 4.62. The molecule has 0 bridgehead atoms. The Morgan fingerprint density at radius 1 is 0.870 bits per heavy atom. The first-order valence-corrected chi connectivity index (χ1v) is 8.83. The highest BCUT2D eigenvalue weighted by atomic mass is 15.2. The molecular formula is C21H26N2. The maximum absolute atomic E-state index is 2.69. The Morgan fingerprint density at radius 2 is 1.57 bits per heavy atom. The fourth-order valence-electron chi connectivity index (χ4n) is 4.62. The molecule has 2 heteroatoms. The Labute approximate surface area is 139 Å². The van der Waals surface area contributed by atoms with Gasteiger partial charge in [0.25, 0.3) is 0 Å². The second-order valence-corrected chi connectivity index (χ2v) is 7.21. The van der Waals surface area contributed by atoms with Crippen LogP contribution in [0.3, 0.4) is 0 Å². The summed E-state index contributed by atoms with van der Waals surface area (Å²) in [4.78, 5) is 5.25. The molecule has 0 radical (unpaired) electrons. The highest BCUT2D eigenvalue weighted by molar-refractivity contribution is 5.23. The van der Waals surface area contributed by atoms with E-state index < -0.39 is 0 Å². The SMILES string of the molecule is CN1C[C@H]2CN(CCc3ccccc3)C[C@H]2[C@@H]1c1ccccc1. The third kappa shape index (κ3) is 3.06. The summed E-state index contributed by atoms with van der Waals surface area (Å²) in [5.74, 6) is 1.62. The second kappa shape index (κ2) is 6.46. The van der Waals surface area contributed by atoms with Gasteiger partial charge in [0.05, 0.1) is 0 Å². The van der Waals surface area contributed by atoms with E-state index in [2.05, 4.69) is 77.5 Å². The van der Waals surface area contributed by atoms with E-state index in [9.17, 15) is 0 Å². The summed E-state index contributed by atoms with van der Waals surface area (Å²) in [7, 11) is 2.30. The van der Waals surface area contributed by atoms with E-state index in [4.69, 9.17) is 0 Å².